The summed E-state index contributed by atoms with van der Waals surface area (Å²) < 4.78 is 4.76. The van der Waals surface area contributed by atoms with Gasteiger partial charge in [0.05, 0.1) is 0 Å². The summed E-state index contributed by atoms with van der Waals surface area (Å²) >= 11 is -0.0942. The Labute approximate surface area is 109 Å². The Balaban J connectivity index is 2.13. The van der Waals surface area contributed by atoms with Gasteiger partial charge in [0.15, 0.2) is 0 Å². The quantitative estimate of drug-likeness (QED) is 0.574. The molecule has 0 atom stereocenters. The topological polar surface area (TPSA) is 7.12 Å². The second-order valence-electron chi connectivity index (χ2n) is 4.42. The average Bonchev–Trinajstić information content (AvgIpc) is 2.75. The van der Waals surface area contributed by atoms with Crippen LogP contribution >= 0.6 is 0 Å². The van der Waals surface area contributed by atoms with E-state index in [0.717, 1.165) is 0 Å². The summed E-state index contributed by atoms with van der Waals surface area (Å²) in [5.41, 5.74) is 4.37. The zero-order valence-corrected chi connectivity index (χ0v) is 12.2. The van der Waals surface area contributed by atoms with Gasteiger partial charge in [0.1, 0.15) is 0 Å². The van der Waals surface area contributed by atoms with E-state index in [2.05, 4.69) is 65.0 Å². The zero-order chi connectivity index (χ0) is 11.8. The van der Waals surface area contributed by atoms with Gasteiger partial charge in [0, 0.05) is 0 Å². The van der Waals surface area contributed by atoms with Crippen molar-refractivity contribution in [1.29, 1.82) is 0 Å². The van der Waals surface area contributed by atoms with Crippen LogP contribution in [0.4, 0.5) is 11.5 Å². The van der Waals surface area contributed by atoms with Gasteiger partial charge in [-0.15, -0.1) is 0 Å². The van der Waals surface area contributed by atoms with Crippen molar-refractivity contribution >= 4 is 27.2 Å². The molecule has 1 aliphatic rings. The summed E-state index contributed by atoms with van der Waals surface area (Å²) in [7, 11) is 2.12. The van der Waals surface area contributed by atoms with E-state index in [1.54, 1.807) is 0 Å². The predicted octanol–water partition coefficient (Wildman–Crippen LogP) is 2.09. The Bertz CT molecular complexity index is 566. The van der Waals surface area contributed by atoms with Crippen molar-refractivity contribution in [3.63, 3.8) is 0 Å². The molecule has 1 aromatic carbocycles. The Morgan fingerprint density at radius 2 is 2.06 bits per heavy atom. The number of aryl methyl sites for hydroxylation is 2. The molecule has 3 rings (SSSR count). The molecule has 0 aliphatic carbocycles. The van der Waals surface area contributed by atoms with E-state index in [1.165, 1.54) is 27.9 Å². The van der Waals surface area contributed by atoms with Gasteiger partial charge >= 0.3 is 109 Å². The van der Waals surface area contributed by atoms with Crippen molar-refractivity contribution < 1.29 is 4.57 Å². The fourth-order valence-electron chi connectivity index (χ4n) is 2.37. The minimum atomic E-state index is -0.0942. The van der Waals surface area contributed by atoms with Crippen LogP contribution in [0.3, 0.4) is 0 Å². The number of pyridine rings is 1. The van der Waals surface area contributed by atoms with E-state index < -0.39 is 0 Å². The van der Waals surface area contributed by atoms with Crippen molar-refractivity contribution in [2.75, 3.05) is 3.86 Å². The molecule has 1 aliphatic heterocycles. The van der Waals surface area contributed by atoms with E-state index in [1.807, 2.05) is 0 Å². The van der Waals surface area contributed by atoms with Crippen LogP contribution in [-0.2, 0) is 12.3 Å². The fraction of sp³-hybridized carbons (Fsp3) is 0.214. The summed E-state index contributed by atoms with van der Waals surface area (Å²) in [6, 6.07) is 13.1. The van der Waals surface area contributed by atoms with Crippen LogP contribution in [0.2, 0.25) is 0 Å². The molecular weight excluding hydrogens is 269 g/mol. The molecule has 0 bridgehead atoms. The monoisotopic (exact) mass is 285 g/mol. The van der Waals surface area contributed by atoms with Gasteiger partial charge in [-0.25, -0.2) is 0 Å². The normalized spacial score (nSPS) is 13.9. The minimum absolute atomic E-state index is 0.0942. The number of benzene rings is 1. The standard InChI is InChI=1S/C14H15GeN2/c1-11-6-5-7-12-10-15-17(14(11)12)13-8-3-4-9-16(13)2/h3-9H,10H2,1-2H3/q+1. The van der Waals surface area contributed by atoms with Crippen molar-refractivity contribution in [1.82, 2.24) is 0 Å². The van der Waals surface area contributed by atoms with Crippen molar-refractivity contribution in [2.24, 2.45) is 7.05 Å². The number of hydrogen-bond donors (Lipinski definition) is 0. The van der Waals surface area contributed by atoms with E-state index >= 15 is 0 Å². The van der Waals surface area contributed by atoms with Crippen LogP contribution in [0, 0.1) is 6.92 Å². The molecule has 0 unspecified atom stereocenters. The second-order valence-corrected chi connectivity index (χ2v) is 6.77. The van der Waals surface area contributed by atoms with Gasteiger partial charge in [-0.2, -0.15) is 0 Å². The first kappa shape index (κ1) is 10.8. The number of anilines is 2. The molecule has 0 spiro atoms. The Morgan fingerprint density at radius 1 is 1.18 bits per heavy atom. The number of fused-ring (bicyclic) bond motifs is 1. The molecule has 0 fully saturated rings. The number of para-hydroxylation sites is 1. The van der Waals surface area contributed by atoms with Gasteiger partial charge in [-0.1, -0.05) is 0 Å². The third-order valence-corrected chi connectivity index (χ3v) is 5.97. The molecule has 2 radical (unpaired) electrons. The van der Waals surface area contributed by atoms with E-state index in [0.29, 0.717) is 0 Å². The van der Waals surface area contributed by atoms with Gasteiger partial charge in [0.2, 0.25) is 0 Å². The molecule has 84 valence electrons. The van der Waals surface area contributed by atoms with E-state index in [-0.39, 0.29) is 15.7 Å². The maximum absolute atomic E-state index is 2.55. The molecular formula is C14H15GeN2+. The molecule has 0 saturated heterocycles. The number of hydrogen-bond acceptors (Lipinski definition) is 1. The van der Waals surface area contributed by atoms with Crippen molar-refractivity contribution in [3.05, 3.63) is 53.7 Å². The Kier molecular flexibility index (Phi) is 2.67. The molecule has 0 N–H and O–H groups in total. The number of nitrogens with zero attached hydrogens (tertiary/aromatic N) is 2. The predicted molar refractivity (Wildman–Crippen MR) is 70.4 cm³/mol. The molecule has 2 aromatic rings. The molecule has 3 heteroatoms. The molecule has 2 nitrogen and oxygen atoms in total. The molecule has 1 aromatic heterocycles. The van der Waals surface area contributed by atoms with E-state index in [9.17, 15) is 0 Å². The van der Waals surface area contributed by atoms with E-state index in [4.69, 9.17) is 0 Å². The first-order chi connectivity index (χ1) is 8.27. The van der Waals surface area contributed by atoms with Gasteiger partial charge in [-0.05, 0) is 0 Å². The third-order valence-electron chi connectivity index (χ3n) is 3.23. The van der Waals surface area contributed by atoms with Crippen LogP contribution in [0.15, 0.2) is 42.6 Å². The van der Waals surface area contributed by atoms with Gasteiger partial charge in [0.25, 0.3) is 0 Å². The second kappa shape index (κ2) is 4.18. The summed E-state index contributed by atoms with van der Waals surface area (Å²) in [6.07, 6.45) is 2.12. The first-order valence-corrected chi connectivity index (χ1v) is 8.26. The molecule has 0 amide bonds. The fourth-order valence-corrected chi connectivity index (χ4v) is 5.49. The Hall–Kier alpha value is -1.29. The summed E-state index contributed by atoms with van der Waals surface area (Å²) in [5, 5.41) is 1.27. The Morgan fingerprint density at radius 3 is 2.88 bits per heavy atom. The summed E-state index contributed by atoms with van der Waals surface area (Å²) in [4.78, 5) is 0. The molecule has 17 heavy (non-hydrogen) atoms. The third kappa shape index (κ3) is 1.76. The zero-order valence-electron chi connectivity index (χ0n) is 10.1. The summed E-state index contributed by atoms with van der Waals surface area (Å²) in [6.45, 7) is 2.21. The summed E-state index contributed by atoms with van der Waals surface area (Å²) in [5.74, 6) is 1.32. The number of aromatic nitrogens is 1. The van der Waals surface area contributed by atoms with Gasteiger partial charge in [-0.3, -0.25) is 0 Å². The first-order valence-electron chi connectivity index (χ1n) is 5.84. The van der Waals surface area contributed by atoms with Crippen LogP contribution in [0.5, 0.6) is 0 Å². The van der Waals surface area contributed by atoms with Crippen LogP contribution in [0.1, 0.15) is 11.1 Å². The molecule has 2 heterocycles. The van der Waals surface area contributed by atoms with Crippen molar-refractivity contribution in [3.8, 4) is 0 Å². The molecule has 0 saturated carbocycles. The van der Waals surface area contributed by atoms with Crippen LogP contribution in [0.25, 0.3) is 0 Å². The van der Waals surface area contributed by atoms with Crippen molar-refractivity contribution in [2.45, 2.75) is 12.2 Å². The SMILES string of the molecule is Cc1cccc2c1[N](c1cccc[n+]1C)[Ge][CH2]2. The van der Waals surface area contributed by atoms with Crippen LogP contribution < -0.4 is 8.42 Å². The van der Waals surface area contributed by atoms with Gasteiger partial charge < -0.3 is 0 Å². The number of rotatable bonds is 1. The van der Waals surface area contributed by atoms with Crippen LogP contribution in [-0.4, -0.2) is 15.7 Å². The maximum atomic E-state index is 2.55. The average molecular weight is 284 g/mol.